The molecule has 192 valence electrons. The van der Waals surface area contributed by atoms with Crippen molar-refractivity contribution < 1.29 is 19.2 Å². The van der Waals surface area contributed by atoms with Crippen molar-refractivity contribution >= 4 is 98.1 Å². The van der Waals surface area contributed by atoms with E-state index < -0.39 is 22.3 Å². The molecule has 0 fully saturated rings. The Labute approximate surface area is 228 Å². The number of thiocarbonyl (C=S) groups is 3. The van der Waals surface area contributed by atoms with Crippen LogP contribution in [0.25, 0.3) is 0 Å². The van der Waals surface area contributed by atoms with E-state index in [9.17, 15) is 19.2 Å². The maximum absolute atomic E-state index is 10.1. The molecule has 0 bridgehead atoms. The van der Waals surface area contributed by atoms with Gasteiger partial charge in [-0.05, 0) is 0 Å². The first-order valence-electron chi connectivity index (χ1n) is 9.35. The molecular formula is C19H36InN7O4S3. The van der Waals surface area contributed by atoms with E-state index in [4.69, 9.17) is 0 Å². The number of hydrogen-bond acceptors (Lipinski definition) is 10. The Morgan fingerprint density at radius 1 is 0.500 bits per heavy atom. The van der Waals surface area contributed by atoms with Gasteiger partial charge < -0.3 is 19.6 Å². The first-order valence-corrected chi connectivity index (χ1v) is 15.0. The SMILES string of the molecule is CC(=O)N(C)C.CC(=O)N(C)C.CC(=O)N(C)C.CC(=O)N(C)C.S=C=[N][In]([N]=C=S)[N]=C=S. The van der Waals surface area contributed by atoms with E-state index in [0.29, 0.717) is 0 Å². The summed E-state index contributed by atoms with van der Waals surface area (Å²) in [7, 11) is 13.8. The van der Waals surface area contributed by atoms with Gasteiger partial charge in [-0.2, -0.15) is 0 Å². The Hall–Kier alpha value is -1.85. The molecule has 0 unspecified atom stereocenters. The molecule has 0 rings (SSSR count). The van der Waals surface area contributed by atoms with Gasteiger partial charge in [0.05, 0.1) is 0 Å². The zero-order valence-corrected chi connectivity index (χ0v) is 27.8. The number of carbonyl (C=O) groups is 4. The second-order valence-electron chi connectivity index (χ2n) is 6.66. The Morgan fingerprint density at radius 3 is 0.676 bits per heavy atom. The molecule has 0 atom stereocenters. The van der Waals surface area contributed by atoms with Gasteiger partial charge in [0.15, 0.2) is 0 Å². The van der Waals surface area contributed by atoms with Crippen LogP contribution in [0.2, 0.25) is 0 Å². The molecule has 0 radical (unpaired) electrons. The predicted octanol–water partition coefficient (Wildman–Crippen LogP) is 1.66. The minimum absolute atomic E-state index is 0.0926. The van der Waals surface area contributed by atoms with Crippen molar-refractivity contribution in [3.63, 3.8) is 0 Å². The molecule has 0 saturated heterocycles. The van der Waals surface area contributed by atoms with Crippen LogP contribution in [0.4, 0.5) is 0 Å². The topological polar surface area (TPSA) is 118 Å². The van der Waals surface area contributed by atoms with Crippen LogP contribution in [0.3, 0.4) is 0 Å². The van der Waals surface area contributed by atoms with E-state index in [2.05, 4.69) is 61.1 Å². The molecular weight excluding hydrogens is 601 g/mol. The summed E-state index contributed by atoms with van der Waals surface area (Å²) in [5.74, 6) is 0.370. The van der Waals surface area contributed by atoms with Crippen LogP contribution in [0.1, 0.15) is 27.7 Å². The second kappa shape index (κ2) is 29.2. The number of rotatable bonds is 3. The van der Waals surface area contributed by atoms with Gasteiger partial charge in [0.1, 0.15) is 0 Å². The van der Waals surface area contributed by atoms with Gasteiger partial charge in [-0.3, -0.25) is 19.2 Å². The Balaban J connectivity index is -0.000000105. The van der Waals surface area contributed by atoms with Crippen LogP contribution in [0.15, 0.2) is 8.94 Å². The van der Waals surface area contributed by atoms with E-state index >= 15 is 0 Å². The number of carbonyl (C=O) groups excluding carboxylic acids is 4. The van der Waals surface area contributed by atoms with Gasteiger partial charge in [-0.15, -0.1) is 0 Å². The molecule has 0 N–H and O–H groups in total. The first-order chi connectivity index (χ1) is 15.4. The number of hydrogen-bond donors (Lipinski definition) is 0. The average Bonchev–Trinajstić information content (AvgIpc) is 2.70. The predicted molar refractivity (Wildman–Crippen MR) is 148 cm³/mol. The van der Waals surface area contributed by atoms with E-state index in [0.717, 1.165) is 0 Å². The molecule has 0 aromatic carbocycles. The van der Waals surface area contributed by atoms with Crippen LogP contribution in [0, 0.1) is 0 Å². The van der Waals surface area contributed by atoms with Crippen LogP contribution >= 0.6 is 36.7 Å². The van der Waals surface area contributed by atoms with Gasteiger partial charge in [-0.1, -0.05) is 0 Å². The van der Waals surface area contributed by atoms with Gasteiger partial charge in [0, 0.05) is 84.1 Å². The van der Waals surface area contributed by atoms with Crippen molar-refractivity contribution in [2.75, 3.05) is 56.4 Å². The normalized spacial score (nSPS) is 7.29. The summed E-state index contributed by atoms with van der Waals surface area (Å²) in [6.45, 7) is 6.11. The second-order valence-corrected chi connectivity index (χ2v) is 11.4. The zero-order chi connectivity index (χ0) is 28.4. The van der Waals surface area contributed by atoms with Crippen molar-refractivity contribution in [2.45, 2.75) is 27.7 Å². The summed E-state index contributed by atoms with van der Waals surface area (Å²) in [6.07, 6.45) is 0. The fourth-order valence-electron chi connectivity index (χ4n) is 0.228. The molecule has 0 heterocycles. The molecule has 11 nitrogen and oxygen atoms in total. The monoisotopic (exact) mass is 637 g/mol. The van der Waals surface area contributed by atoms with Crippen molar-refractivity contribution in [2.24, 2.45) is 8.94 Å². The fraction of sp³-hybridized carbons (Fsp3) is 0.632. The van der Waals surface area contributed by atoms with Crippen LogP contribution < -0.4 is 0 Å². The van der Waals surface area contributed by atoms with Crippen LogP contribution in [0.5, 0.6) is 0 Å². The van der Waals surface area contributed by atoms with Gasteiger partial charge in [0.25, 0.3) is 0 Å². The number of isothiocyanates is 3. The molecule has 4 amide bonds. The maximum atomic E-state index is 10.1. The first kappa shape index (κ1) is 42.3. The van der Waals surface area contributed by atoms with Crippen LogP contribution in [-0.2, 0) is 19.2 Å². The fourth-order valence-corrected chi connectivity index (χ4v) is 3.43. The van der Waals surface area contributed by atoms with E-state index in [-0.39, 0.29) is 23.6 Å². The molecule has 0 aliphatic rings. The third-order valence-corrected chi connectivity index (χ3v) is 8.02. The van der Waals surface area contributed by atoms with Crippen molar-refractivity contribution in [3.05, 3.63) is 0 Å². The van der Waals surface area contributed by atoms with E-state index in [1.807, 2.05) is 0 Å². The summed E-state index contributed by atoms with van der Waals surface area (Å²) in [5.41, 5.74) is 0. The number of nitrogens with zero attached hydrogens (tertiary/aromatic N) is 7. The summed E-state index contributed by atoms with van der Waals surface area (Å²) in [5, 5.41) is 6.54. The molecule has 0 aromatic rings. The zero-order valence-electron chi connectivity index (χ0n) is 22.1. The van der Waals surface area contributed by atoms with E-state index in [1.54, 1.807) is 56.4 Å². The average molecular weight is 638 g/mol. The molecule has 0 aromatic heterocycles. The molecule has 0 spiro atoms. The molecule has 34 heavy (non-hydrogen) atoms. The molecule has 0 aliphatic heterocycles. The Morgan fingerprint density at radius 2 is 0.618 bits per heavy atom. The number of amides is 4. The summed E-state index contributed by atoms with van der Waals surface area (Å²) < 4.78 is 11.1. The summed E-state index contributed by atoms with van der Waals surface area (Å²) >= 11 is 10.4. The Kier molecular flexibility index (Phi) is 36.3. The quantitative estimate of drug-likeness (QED) is 0.341. The molecule has 0 aliphatic carbocycles. The molecule has 15 heteroatoms. The Bertz CT molecular complexity index is 644. The molecule has 0 saturated carbocycles. The van der Waals surface area contributed by atoms with E-state index in [1.165, 1.54) is 47.3 Å². The summed E-state index contributed by atoms with van der Waals surface area (Å²) in [4.78, 5) is 46.4. The summed E-state index contributed by atoms with van der Waals surface area (Å²) in [6, 6.07) is 0. The standard InChI is InChI=1S/4C4H9NO.3CNS.In/c4*1-4(6)5(2)3;3*2-1-3;/h4*1-3H3;;;;/q;;;;3*-1;+3. The third kappa shape index (κ3) is 47.8. The van der Waals surface area contributed by atoms with Gasteiger partial charge in [0.2, 0.25) is 23.6 Å². The van der Waals surface area contributed by atoms with Crippen LogP contribution in [-0.4, -0.2) is 137 Å². The minimum atomic E-state index is -2.65. The van der Waals surface area contributed by atoms with Crippen molar-refractivity contribution in [1.82, 2.24) is 19.6 Å². The third-order valence-electron chi connectivity index (χ3n) is 3.02. The van der Waals surface area contributed by atoms with Crippen molar-refractivity contribution in [1.29, 1.82) is 0 Å². The van der Waals surface area contributed by atoms with Gasteiger partial charge >= 0.3 is 83.4 Å². The van der Waals surface area contributed by atoms with Gasteiger partial charge in [-0.25, -0.2) is 0 Å². The van der Waals surface area contributed by atoms with Crippen molar-refractivity contribution in [3.8, 4) is 0 Å².